The SMILES string of the molecule is Cc1ccc(S(=O)(=O)N(Cc2cc3c(C)cc(C)cc3[nH]c2=O)C[C@H]2COCCO2)cc1. The van der Waals surface area contributed by atoms with Crippen molar-refractivity contribution in [2.75, 3.05) is 26.4 Å². The predicted octanol–water partition coefficient (Wildman–Crippen LogP) is 3.06. The molecule has 32 heavy (non-hydrogen) atoms. The lowest BCUT2D eigenvalue weighted by atomic mass is 10.0. The highest BCUT2D eigenvalue weighted by Gasteiger charge is 2.29. The number of nitrogens with zero attached hydrogens (tertiary/aromatic N) is 1. The molecule has 0 unspecified atom stereocenters. The number of pyridine rings is 1. The predicted molar refractivity (Wildman–Crippen MR) is 123 cm³/mol. The van der Waals surface area contributed by atoms with Crippen LogP contribution >= 0.6 is 0 Å². The smallest absolute Gasteiger partial charge is 0.252 e. The van der Waals surface area contributed by atoms with Gasteiger partial charge in [0.1, 0.15) is 0 Å². The van der Waals surface area contributed by atoms with E-state index >= 15 is 0 Å². The second kappa shape index (κ2) is 9.15. The minimum absolute atomic E-state index is 0.0609. The number of benzene rings is 2. The Labute approximate surface area is 188 Å². The van der Waals surface area contributed by atoms with E-state index in [-0.39, 0.29) is 23.5 Å². The third-order valence-electron chi connectivity index (χ3n) is 5.69. The van der Waals surface area contributed by atoms with Crippen molar-refractivity contribution in [3.05, 3.63) is 75.1 Å². The summed E-state index contributed by atoms with van der Waals surface area (Å²) in [5.41, 5.74) is 3.87. The second-order valence-electron chi connectivity index (χ2n) is 8.35. The number of hydrogen-bond acceptors (Lipinski definition) is 5. The van der Waals surface area contributed by atoms with Crippen LogP contribution in [0.2, 0.25) is 0 Å². The molecule has 0 amide bonds. The molecule has 0 radical (unpaired) electrons. The van der Waals surface area contributed by atoms with Crippen molar-refractivity contribution in [3.8, 4) is 0 Å². The van der Waals surface area contributed by atoms with Crippen molar-refractivity contribution in [2.45, 2.75) is 38.3 Å². The average Bonchev–Trinajstić information content (AvgIpc) is 2.75. The number of aromatic amines is 1. The number of ether oxygens (including phenoxy) is 2. The fraction of sp³-hybridized carbons (Fsp3) is 0.375. The molecule has 8 heteroatoms. The first-order chi connectivity index (χ1) is 15.2. The van der Waals surface area contributed by atoms with Crippen LogP contribution in [-0.4, -0.2) is 50.2 Å². The quantitative estimate of drug-likeness (QED) is 0.616. The van der Waals surface area contributed by atoms with Crippen LogP contribution in [0.25, 0.3) is 10.9 Å². The van der Waals surface area contributed by atoms with E-state index in [0.717, 1.165) is 27.6 Å². The number of aryl methyl sites for hydroxylation is 3. The number of sulfonamides is 1. The monoisotopic (exact) mass is 456 g/mol. The Balaban J connectivity index is 1.74. The number of rotatable bonds is 6. The number of H-pyrrole nitrogens is 1. The lowest BCUT2D eigenvalue weighted by molar-refractivity contribution is -0.0923. The molecule has 1 fully saturated rings. The molecule has 0 saturated carbocycles. The van der Waals surface area contributed by atoms with Crippen molar-refractivity contribution in [3.63, 3.8) is 0 Å². The molecular formula is C24H28N2O5S. The molecule has 4 rings (SSSR count). The summed E-state index contributed by atoms with van der Waals surface area (Å²) in [7, 11) is -3.86. The van der Waals surface area contributed by atoms with Gasteiger partial charge in [-0.25, -0.2) is 8.42 Å². The molecule has 1 N–H and O–H groups in total. The Morgan fingerprint density at radius 1 is 1.03 bits per heavy atom. The maximum absolute atomic E-state index is 13.5. The van der Waals surface area contributed by atoms with Gasteiger partial charge in [0.05, 0.1) is 30.8 Å². The Morgan fingerprint density at radius 3 is 2.47 bits per heavy atom. The van der Waals surface area contributed by atoms with Gasteiger partial charge in [0.25, 0.3) is 5.56 Å². The first-order valence-electron chi connectivity index (χ1n) is 10.6. The minimum atomic E-state index is -3.86. The van der Waals surface area contributed by atoms with Gasteiger partial charge in [-0.05, 0) is 56.2 Å². The van der Waals surface area contributed by atoms with Gasteiger partial charge >= 0.3 is 0 Å². The number of hydrogen-bond donors (Lipinski definition) is 1. The van der Waals surface area contributed by atoms with Gasteiger partial charge in [-0.3, -0.25) is 4.79 Å². The highest BCUT2D eigenvalue weighted by Crippen LogP contribution is 2.23. The van der Waals surface area contributed by atoms with Crippen LogP contribution < -0.4 is 5.56 Å². The summed E-state index contributed by atoms with van der Waals surface area (Å²) < 4.78 is 39.5. The van der Waals surface area contributed by atoms with Gasteiger partial charge in [-0.1, -0.05) is 23.8 Å². The van der Waals surface area contributed by atoms with Crippen LogP contribution in [0.1, 0.15) is 22.3 Å². The highest BCUT2D eigenvalue weighted by molar-refractivity contribution is 7.89. The Hall–Kier alpha value is -2.52. The Kier molecular flexibility index (Phi) is 6.48. The topological polar surface area (TPSA) is 88.7 Å². The third-order valence-corrected chi connectivity index (χ3v) is 7.51. The molecule has 1 aromatic heterocycles. The summed E-state index contributed by atoms with van der Waals surface area (Å²) in [6, 6.07) is 12.5. The van der Waals surface area contributed by atoms with E-state index in [0.29, 0.717) is 25.4 Å². The molecule has 3 aromatic rings. The summed E-state index contributed by atoms with van der Waals surface area (Å²) in [6.07, 6.45) is -0.395. The molecular weight excluding hydrogens is 428 g/mol. The van der Waals surface area contributed by atoms with E-state index in [1.807, 2.05) is 32.9 Å². The zero-order chi connectivity index (χ0) is 22.9. The highest BCUT2D eigenvalue weighted by atomic mass is 32.2. The Morgan fingerprint density at radius 2 is 1.78 bits per heavy atom. The van der Waals surface area contributed by atoms with Crippen LogP contribution in [0.5, 0.6) is 0 Å². The van der Waals surface area contributed by atoms with E-state index in [2.05, 4.69) is 4.98 Å². The Bertz CT molecular complexity index is 1280. The summed E-state index contributed by atoms with van der Waals surface area (Å²) >= 11 is 0. The maximum Gasteiger partial charge on any atom is 0.252 e. The van der Waals surface area contributed by atoms with Gasteiger partial charge in [0.2, 0.25) is 10.0 Å². The van der Waals surface area contributed by atoms with Gasteiger partial charge in [0, 0.05) is 29.6 Å². The summed E-state index contributed by atoms with van der Waals surface area (Å²) in [6.45, 7) is 7.11. The van der Waals surface area contributed by atoms with Gasteiger partial charge < -0.3 is 14.5 Å². The molecule has 7 nitrogen and oxygen atoms in total. The van der Waals surface area contributed by atoms with Crippen LogP contribution in [0.3, 0.4) is 0 Å². The minimum Gasteiger partial charge on any atom is -0.376 e. The molecule has 0 aliphatic carbocycles. The normalized spacial score (nSPS) is 17.2. The average molecular weight is 457 g/mol. The van der Waals surface area contributed by atoms with Crippen molar-refractivity contribution < 1.29 is 17.9 Å². The number of fused-ring (bicyclic) bond motifs is 1. The van der Waals surface area contributed by atoms with E-state index in [4.69, 9.17) is 9.47 Å². The van der Waals surface area contributed by atoms with Crippen molar-refractivity contribution in [2.24, 2.45) is 0 Å². The molecule has 2 heterocycles. The fourth-order valence-corrected chi connectivity index (χ4v) is 5.45. The molecule has 0 bridgehead atoms. The molecule has 2 aromatic carbocycles. The zero-order valence-electron chi connectivity index (χ0n) is 18.6. The fourth-order valence-electron chi connectivity index (χ4n) is 4.00. The molecule has 170 valence electrons. The summed E-state index contributed by atoms with van der Waals surface area (Å²) in [5, 5.41) is 0.898. The standard InChI is InChI=1S/C24H28N2O5S/c1-16-4-6-21(7-5-16)32(28,29)26(14-20-15-30-8-9-31-20)13-19-12-22-18(3)10-17(2)11-23(22)25-24(19)27/h4-7,10-12,20H,8-9,13-15H2,1-3H3,(H,25,27)/t20-/m0/s1. The first-order valence-corrected chi connectivity index (χ1v) is 12.1. The van der Waals surface area contributed by atoms with Crippen molar-refractivity contribution >= 4 is 20.9 Å². The van der Waals surface area contributed by atoms with E-state index in [9.17, 15) is 13.2 Å². The van der Waals surface area contributed by atoms with Gasteiger partial charge in [-0.2, -0.15) is 4.31 Å². The molecule has 1 aliphatic rings. The second-order valence-corrected chi connectivity index (χ2v) is 10.3. The maximum atomic E-state index is 13.5. The molecule has 0 spiro atoms. The molecule has 1 saturated heterocycles. The third kappa shape index (κ3) is 4.78. The molecule has 1 aliphatic heterocycles. The largest absolute Gasteiger partial charge is 0.376 e. The van der Waals surface area contributed by atoms with Gasteiger partial charge in [-0.15, -0.1) is 0 Å². The van der Waals surface area contributed by atoms with Crippen molar-refractivity contribution in [1.82, 2.24) is 9.29 Å². The number of aromatic nitrogens is 1. The zero-order valence-corrected chi connectivity index (χ0v) is 19.4. The van der Waals surface area contributed by atoms with Crippen LogP contribution in [0.15, 0.2) is 52.2 Å². The molecule has 1 atom stereocenters. The summed E-state index contributed by atoms with van der Waals surface area (Å²) in [5.74, 6) is 0. The lowest BCUT2D eigenvalue weighted by Gasteiger charge is -2.29. The van der Waals surface area contributed by atoms with Crippen LogP contribution in [-0.2, 0) is 26.0 Å². The van der Waals surface area contributed by atoms with Crippen LogP contribution in [0.4, 0.5) is 0 Å². The summed E-state index contributed by atoms with van der Waals surface area (Å²) in [4.78, 5) is 16.0. The number of nitrogens with one attached hydrogen (secondary N) is 1. The van der Waals surface area contributed by atoms with E-state index in [1.54, 1.807) is 30.3 Å². The van der Waals surface area contributed by atoms with Gasteiger partial charge in [0.15, 0.2) is 0 Å². The van der Waals surface area contributed by atoms with Crippen molar-refractivity contribution in [1.29, 1.82) is 0 Å². The van der Waals surface area contributed by atoms with E-state index < -0.39 is 16.1 Å². The first kappa shape index (κ1) is 22.7. The lowest BCUT2D eigenvalue weighted by Crippen LogP contribution is -2.43. The van der Waals surface area contributed by atoms with Crippen LogP contribution in [0, 0.1) is 20.8 Å². The van der Waals surface area contributed by atoms with E-state index in [1.165, 1.54) is 4.31 Å².